The fourth-order valence-electron chi connectivity index (χ4n) is 1.42. The van der Waals surface area contributed by atoms with Crippen LogP contribution < -0.4 is 11.3 Å². The highest BCUT2D eigenvalue weighted by molar-refractivity contribution is 6.35. The van der Waals surface area contributed by atoms with Crippen molar-refractivity contribution < 1.29 is 0 Å². The first-order chi connectivity index (χ1) is 6.72. The Morgan fingerprint density at radius 2 is 2.14 bits per heavy atom. The number of hydrogen-bond donors (Lipinski definition) is 2. The maximum Gasteiger partial charge on any atom is 0.256 e. The molecule has 0 aliphatic rings. The SMILES string of the molecule is NCc1cc2c(Cl)cccc2c(=O)[nH]1. The van der Waals surface area contributed by atoms with Crippen molar-refractivity contribution in [1.29, 1.82) is 0 Å². The number of halogens is 1. The van der Waals surface area contributed by atoms with Crippen molar-refractivity contribution in [1.82, 2.24) is 4.98 Å². The first-order valence-electron chi connectivity index (χ1n) is 4.23. The number of fused-ring (bicyclic) bond motifs is 1. The minimum Gasteiger partial charge on any atom is -0.325 e. The molecule has 0 aliphatic heterocycles. The molecule has 14 heavy (non-hydrogen) atoms. The summed E-state index contributed by atoms with van der Waals surface area (Å²) in [5, 5.41) is 1.91. The van der Waals surface area contributed by atoms with Crippen LogP contribution >= 0.6 is 11.6 Å². The lowest BCUT2D eigenvalue weighted by atomic mass is 10.1. The summed E-state index contributed by atoms with van der Waals surface area (Å²) in [4.78, 5) is 14.2. The number of pyridine rings is 1. The summed E-state index contributed by atoms with van der Waals surface area (Å²) in [6.45, 7) is 0.302. The highest BCUT2D eigenvalue weighted by atomic mass is 35.5. The highest BCUT2D eigenvalue weighted by Crippen LogP contribution is 2.20. The molecule has 3 N–H and O–H groups in total. The van der Waals surface area contributed by atoms with Crippen LogP contribution in [0.3, 0.4) is 0 Å². The summed E-state index contributed by atoms with van der Waals surface area (Å²) in [6.07, 6.45) is 0. The lowest BCUT2D eigenvalue weighted by Gasteiger charge is -2.02. The van der Waals surface area contributed by atoms with Crippen LogP contribution in [0.1, 0.15) is 5.69 Å². The highest BCUT2D eigenvalue weighted by Gasteiger charge is 2.03. The molecule has 2 rings (SSSR count). The second kappa shape index (κ2) is 3.44. The molecule has 0 bridgehead atoms. The molecule has 2 aromatic rings. The molecule has 0 atom stereocenters. The standard InChI is InChI=1S/C10H9ClN2O/c11-9-3-1-2-7-8(9)4-6(5-12)13-10(7)14/h1-4H,5,12H2,(H,13,14). The van der Waals surface area contributed by atoms with Gasteiger partial charge in [0.15, 0.2) is 0 Å². The van der Waals surface area contributed by atoms with Crippen molar-refractivity contribution in [2.75, 3.05) is 0 Å². The van der Waals surface area contributed by atoms with Gasteiger partial charge in [0.1, 0.15) is 0 Å². The molecule has 0 saturated heterocycles. The lowest BCUT2D eigenvalue weighted by Crippen LogP contribution is -2.11. The van der Waals surface area contributed by atoms with Gasteiger partial charge in [-0.05, 0) is 18.2 Å². The number of aromatic amines is 1. The molecule has 72 valence electrons. The predicted octanol–water partition coefficient (Wildman–Crippen LogP) is 1.64. The van der Waals surface area contributed by atoms with Crippen LogP contribution in [0.15, 0.2) is 29.1 Å². The quantitative estimate of drug-likeness (QED) is 0.749. The molecule has 0 unspecified atom stereocenters. The third-order valence-corrected chi connectivity index (χ3v) is 2.44. The van der Waals surface area contributed by atoms with Gasteiger partial charge in [-0.15, -0.1) is 0 Å². The number of rotatable bonds is 1. The van der Waals surface area contributed by atoms with Crippen molar-refractivity contribution in [2.24, 2.45) is 5.73 Å². The van der Waals surface area contributed by atoms with E-state index in [1.807, 2.05) is 0 Å². The second-order valence-electron chi connectivity index (χ2n) is 3.03. The van der Waals surface area contributed by atoms with Crippen LogP contribution in [-0.2, 0) is 6.54 Å². The molecule has 1 heterocycles. The zero-order valence-corrected chi connectivity index (χ0v) is 8.14. The summed E-state index contributed by atoms with van der Waals surface area (Å²) >= 11 is 5.96. The molecule has 0 fully saturated rings. The first-order valence-corrected chi connectivity index (χ1v) is 4.60. The molecule has 0 spiro atoms. The number of H-pyrrole nitrogens is 1. The topological polar surface area (TPSA) is 58.9 Å². The van der Waals surface area contributed by atoms with E-state index in [1.54, 1.807) is 24.3 Å². The van der Waals surface area contributed by atoms with Gasteiger partial charge in [-0.1, -0.05) is 17.7 Å². The van der Waals surface area contributed by atoms with Gasteiger partial charge in [-0.3, -0.25) is 4.79 Å². The number of hydrogen-bond acceptors (Lipinski definition) is 2. The molecule has 0 aliphatic carbocycles. The van der Waals surface area contributed by atoms with Gasteiger partial charge < -0.3 is 10.7 Å². The Morgan fingerprint density at radius 3 is 2.86 bits per heavy atom. The number of nitrogens with one attached hydrogen (secondary N) is 1. The van der Waals surface area contributed by atoms with E-state index in [0.29, 0.717) is 22.6 Å². The molecular weight excluding hydrogens is 200 g/mol. The van der Waals surface area contributed by atoms with E-state index in [9.17, 15) is 4.79 Å². The Morgan fingerprint density at radius 1 is 1.36 bits per heavy atom. The smallest absolute Gasteiger partial charge is 0.256 e. The maximum absolute atomic E-state index is 11.5. The summed E-state index contributed by atoms with van der Waals surface area (Å²) in [6, 6.07) is 7.05. The molecule has 1 aromatic carbocycles. The van der Waals surface area contributed by atoms with Crippen molar-refractivity contribution in [3.05, 3.63) is 45.3 Å². The molecule has 4 heteroatoms. The average Bonchev–Trinajstić information content (AvgIpc) is 2.19. The fourth-order valence-corrected chi connectivity index (χ4v) is 1.64. The van der Waals surface area contributed by atoms with E-state index < -0.39 is 0 Å². The predicted molar refractivity (Wildman–Crippen MR) is 57.5 cm³/mol. The Bertz CT molecular complexity index is 533. The minimum absolute atomic E-state index is 0.148. The van der Waals surface area contributed by atoms with E-state index in [2.05, 4.69) is 4.98 Å². The van der Waals surface area contributed by atoms with E-state index in [0.717, 1.165) is 5.39 Å². The van der Waals surface area contributed by atoms with E-state index in [1.165, 1.54) is 0 Å². The zero-order chi connectivity index (χ0) is 10.1. The van der Waals surface area contributed by atoms with Crippen molar-refractivity contribution in [3.8, 4) is 0 Å². The van der Waals surface area contributed by atoms with E-state index in [4.69, 9.17) is 17.3 Å². The van der Waals surface area contributed by atoms with Gasteiger partial charge in [0.25, 0.3) is 5.56 Å². The van der Waals surface area contributed by atoms with Crippen LogP contribution in [0.5, 0.6) is 0 Å². The minimum atomic E-state index is -0.148. The van der Waals surface area contributed by atoms with Crippen LogP contribution in [0.4, 0.5) is 0 Å². The van der Waals surface area contributed by atoms with Crippen LogP contribution in [0, 0.1) is 0 Å². The maximum atomic E-state index is 11.5. The summed E-state index contributed by atoms with van der Waals surface area (Å²) in [5.41, 5.74) is 5.99. The molecule has 0 radical (unpaired) electrons. The summed E-state index contributed by atoms with van der Waals surface area (Å²) in [5.74, 6) is 0. The van der Waals surface area contributed by atoms with E-state index >= 15 is 0 Å². The average molecular weight is 209 g/mol. The van der Waals surface area contributed by atoms with Crippen molar-refractivity contribution in [3.63, 3.8) is 0 Å². The monoisotopic (exact) mass is 208 g/mol. The van der Waals surface area contributed by atoms with Crippen LogP contribution in [0.2, 0.25) is 5.02 Å². The van der Waals surface area contributed by atoms with Gasteiger partial charge in [-0.25, -0.2) is 0 Å². The van der Waals surface area contributed by atoms with Crippen molar-refractivity contribution in [2.45, 2.75) is 6.54 Å². The molecule has 1 aromatic heterocycles. The molecule has 0 amide bonds. The first kappa shape index (κ1) is 9.24. The van der Waals surface area contributed by atoms with Crippen LogP contribution in [-0.4, -0.2) is 4.98 Å². The third-order valence-electron chi connectivity index (χ3n) is 2.11. The second-order valence-corrected chi connectivity index (χ2v) is 3.44. The molecular formula is C10H9ClN2O. The van der Waals surface area contributed by atoms with Gasteiger partial charge >= 0.3 is 0 Å². The number of nitrogens with two attached hydrogens (primary N) is 1. The van der Waals surface area contributed by atoms with Gasteiger partial charge in [0.2, 0.25) is 0 Å². The molecule has 3 nitrogen and oxygen atoms in total. The fraction of sp³-hybridized carbons (Fsp3) is 0.100. The number of benzene rings is 1. The Labute approximate surface area is 85.5 Å². The summed E-state index contributed by atoms with van der Waals surface area (Å²) in [7, 11) is 0. The lowest BCUT2D eigenvalue weighted by molar-refractivity contribution is 0.983. The largest absolute Gasteiger partial charge is 0.325 e. The van der Waals surface area contributed by atoms with Gasteiger partial charge in [-0.2, -0.15) is 0 Å². The van der Waals surface area contributed by atoms with Gasteiger partial charge in [0.05, 0.1) is 0 Å². The Balaban J connectivity index is 2.91. The molecule has 0 saturated carbocycles. The Hall–Kier alpha value is -1.32. The third kappa shape index (κ3) is 1.41. The number of aromatic nitrogens is 1. The normalized spacial score (nSPS) is 10.7. The zero-order valence-electron chi connectivity index (χ0n) is 7.38. The van der Waals surface area contributed by atoms with Crippen LogP contribution in [0.25, 0.3) is 10.8 Å². The summed E-state index contributed by atoms with van der Waals surface area (Å²) < 4.78 is 0. The van der Waals surface area contributed by atoms with Crippen molar-refractivity contribution >= 4 is 22.4 Å². The van der Waals surface area contributed by atoms with E-state index in [-0.39, 0.29) is 5.56 Å². The van der Waals surface area contributed by atoms with Gasteiger partial charge in [0, 0.05) is 28.0 Å². The Kier molecular flexibility index (Phi) is 2.27.